The Labute approximate surface area is 83.5 Å². The Morgan fingerprint density at radius 3 is 2.64 bits per heavy atom. The van der Waals surface area contributed by atoms with E-state index in [1.54, 1.807) is 20.1 Å². The van der Waals surface area contributed by atoms with E-state index in [-0.39, 0.29) is 18.3 Å². The molecule has 4 atom stereocenters. The number of methoxy groups -OCH3 is 1. The predicted octanol–water partition coefficient (Wildman–Crippen LogP) is 1.07. The zero-order valence-corrected chi connectivity index (χ0v) is 8.64. The number of carbonyl (C=O) groups is 1. The van der Waals surface area contributed by atoms with Crippen LogP contribution in [-0.4, -0.2) is 36.5 Å². The molecule has 0 saturated carbocycles. The molecule has 1 aliphatic heterocycles. The number of carboxylic acid groups (broad SMARTS) is 1. The second kappa shape index (κ2) is 4.57. The zero-order chi connectivity index (χ0) is 10.7. The lowest BCUT2D eigenvalue weighted by Gasteiger charge is -2.30. The minimum atomic E-state index is -0.845. The van der Waals surface area contributed by atoms with Crippen LogP contribution in [0.2, 0.25) is 0 Å². The van der Waals surface area contributed by atoms with Crippen LogP contribution in [0.1, 0.15) is 13.8 Å². The van der Waals surface area contributed by atoms with Crippen molar-refractivity contribution in [2.45, 2.75) is 32.2 Å². The molecule has 0 saturated heterocycles. The number of carboxylic acids is 1. The van der Waals surface area contributed by atoms with E-state index in [2.05, 4.69) is 0 Å². The molecule has 0 aromatic carbocycles. The molecule has 0 aromatic rings. The fraction of sp³-hybridized carbons (Fsp3) is 0.700. The third kappa shape index (κ3) is 2.33. The molecule has 0 radical (unpaired) electrons. The fourth-order valence-electron chi connectivity index (χ4n) is 1.44. The quantitative estimate of drug-likeness (QED) is 0.692. The van der Waals surface area contributed by atoms with Crippen LogP contribution in [-0.2, 0) is 14.3 Å². The van der Waals surface area contributed by atoms with E-state index < -0.39 is 11.9 Å². The number of hydrogen-bond donors (Lipinski definition) is 1. The van der Waals surface area contributed by atoms with Crippen molar-refractivity contribution in [1.29, 1.82) is 0 Å². The van der Waals surface area contributed by atoms with Gasteiger partial charge in [0.15, 0.2) is 0 Å². The Morgan fingerprint density at radius 2 is 2.21 bits per heavy atom. The van der Waals surface area contributed by atoms with Gasteiger partial charge in [0.2, 0.25) is 0 Å². The molecule has 0 aliphatic carbocycles. The average Bonchev–Trinajstić information content (AvgIpc) is 2.16. The van der Waals surface area contributed by atoms with Crippen molar-refractivity contribution in [3.8, 4) is 0 Å². The SMILES string of the molecule is CO[C@@H]1C=C[C@@H]([C@@H](C)C(=O)O)O[C@H]1C. The van der Waals surface area contributed by atoms with Crippen LogP contribution in [0.3, 0.4) is 0 Å². The van der Waals surface area contributed by atoms with Crippen LogP contribution in [0, 0.1) is 5.92 Å². The van der Waals surface area contributed by atoms with Gasteiger partial charge in [-0.15, -0.1) is 0 Å². The third-order valence-electron chi connectivity index (χ3n) is 2.48. The van der Waals surface area contributed by atoms with Crippen molar-refractivity contribution in [2.24, 2.45) is 5.92 Å². The van der Waals surface area contributed by atoms with Crippen LogP contribution < -0.4 is 0 Å². The predicted molar refractivity (Wildman–Crippen MR) is 51.1 cm³/mol. The van der Waals surface area contributed by atoms with Gasteiger partial charge in [-0.2, -0.15) is 0 Å². The molecular weight excluding hydrogens is 184 g/mol. The second-order valence-corrected chi connectivity index (χ2v) is 3.52. The highest BCUT2D eigenvalue weighted by molar-refractivity contribution is 5.70. The molecule has 1 heterocycles. The monoisotopic (exact) mass is 200 g/mol. The van der Waals surface area contributed by atoms with Crippen LogP contribution in [0.5, 0.6) is 0 Å². The molecule has 0 unspecified atom stereocenters. The van der Waals surface area contributed by atoms with Crippen molar-refractivity contribution < 1.29 is 19.4 Å². The van der Waals surface area contributed by atoms with Gasteiger partial charge in [0.1, 0.15) is 6.10 Å². The molecule has 0 bridgehead atoms. The minimum absolute atomic E-state index is 0.0766. The van der Waals surface area contributed by atoms with Crippen LogP contribution >= 0.6 is 0 Å². The first-order valence-corrected chi connectivity index (χ1v) is 4.65. The van der Waals surface area contributed by atoms with Crippen molar-refractivity contribution >= 4 is 5.97 Å². The van der Waals surface area contributed by atoms with E-state index >= 15 is 0 Å². The summed E-state index contributed by atoms with van der Waals surface area (Å²) < 4.78 is 10.7. The Bertz CT molecular complexity index is 236. The summed E-state index contributed by atoms with van der Waals surface area (Å²) in [5.41, 5.74) is 0. The van der Waals surface area contributed by atoms with Gasteiger partial charge in [-0.1, -0.05) is 12.2 Å². The van der Waals surface area contributed by atoms with Crippen LogP contribution in [0.15, 0.2) is 12.2 Å². The maximum Gasteiger partial charge on any atom is 0.309 e. The molecule has 1 aliphatic rings. The smallest absolute Gasteiger partial charge is 0.309 e. The first kappa shape index (κ1) is 11.2. The first-order chi connectivity index (χ1) is 6.56. The van der Waals surface area contributed by atoms with Gasteiger partial charge in [-0.25, -0.2) is 0 Å². The summed E-state index contributed by atoms with van der Waals surface area (Å²) in [5.74, 6) is -1.37. The maximum absolute atomic E-state index is 10.7. The van der Waals surface area contributed by atoms with Crippen LogP contribution in [0.25, 0.3) is 0 Å². The Hall–Kier alpha value is -0.870. The molecule has 4 nitrogen and oxygen atoms in total. The summed E-state index contributed by atoms with van der Waals surface area (Å²) in [6.07, 6.45) is 3.09. The molecular formula is C10H16O4. The van der Waals surface area contributed by atoms with Gasteiger partial charge in [0, 0.05) is 7.11 Å². The Morgan fingerprint density at radius 1 is 1.57 bits per heavy atom. The van der Waals surface area contributed by atoms with Gasteiger partial charge in [-0.05, 0) is 13.8 Å². The highest BCUT2D eigenvalue weighted by atomic mass is 16.5. The lowest BCUT2D eigenvalue weighted by Crippen LogP contribution is -2.38. The third-order valence-corrected chi connectivity index (χ3v) is 2.48. The van der Waals surface area contributed by atoms with Gasteiger partial charge in [0.25, 0.3) is 0 Å². The van der Waals surface area contributed by atoms with E-state index in [0.717, 1.165) is 0 Å². The largest absolute Gasteiger partial charge is 0.481 e. The fourth-order valence-corrected chi connectivity index (χ4v) is 1.44. The van der Waals surface area contributed by atoms with E-state index in [1.165, 1.54) is 0 Å². The van der Waals surface area contributed by atoms with Crippen molar-refractivity contribution in [3.05, 3.63) is 12.2 Å². The number of hydrogen-bond acceptors (Lipinski definition) is 3. The standard InChI is InChI=1S/C10H16O4/c1-6(10(11)12)8-4-5-9(13-3)7(2)14-8/h4-9H,1-3H3,(H,11,12)/t6-,7+,8+,9-/m1/s1. The van der Waals surface area contributed by atoms with Crippen molar-refractivity contribution in [3.63, 3.8) is 0 Å². The summed E-state index contributed by atoms with van der Waals surface area (Å²) in [6.45, 7) is 3.51. The summed E-state index contributed by atoms with van der Waals surface area (Å²) in [7, 11) is 1.61. The number of aliphatic carboxylic acids is 1. The lowest BCUT2D eigenvalue weighted by molar-refractivity contribution is -0.149. The number of ether oxygens (including phenoxy) is 2. The summed E-state index contributed by atoms with van der Waals surface area (Å²) in [4.78, 5) is 10.7. The molecule has 14 heavy (non-hydrogen) atoms. The lowest BCUT2D eigenvalue weighted by atomic mass is 10.0. The maximum atomic E-state index is 10.7. The first-order valence-electron chi connectivity index (χ1n) is 4.65. The highest BCUT2D eigenvalue weighted by Gasteiger charge is 2.29. The number of rotatable bonds is 3. The molecule has 1 N–H and O–H groups in total. The Kier molecular flexibility index (Phi) is 3.66. The Balaban J connectivity index is 2.64. The molecule has 80 valence electrons. The van der Waals surface area contributed by atoms with E-state index in [9.17, 15) is 4.79 Å². The van der Waals surface area contributed by atoms with Gasteiger partial charge in [0.05, 0.1) is 18.1 Å². The van der Waals surface area contributed by atoms with Crippen molar-refractivity contribution in [1.82, 2.24) is 0 Å². The summed E-state index contributed by atoms with van der Waals surface area (Å²) in [5, 5.41) is 8.80. The van der Waals surface area contributed by atoms with Gasteiger partial charge >= 0.3 is 5.97 Å². The molecule has 0 aromatic heterocycles. The van der Waals surface area contributed by atoms with E-state index in [4.69, 9.17) is 14.6 Å². The van der Waals surface area contributed by atoms with E-state index in [1.807, 2.05) is 13.0 Å². The summed E-state index contributed by atoms with van der Waals surface area (Å²) in [6, 6.07) is 0. The minimum Gasteiger partial charge on any atom is -0.481 e. The van der Waals surface area contributed by atoms with Gasteiger partial charge < -0.3 is 14.6 Å². The second-order valence-electron chi connectivity index (χ2n) is 3.52. The molecule has 1 rings (SSSR count). The molecule has 0 spiro atoms. The normalized spacial score (nSPS) is 34.1. The van der Waals surface area contributed by atoms with Crippen molar-refractivity contribution in [2.75, 3.05) is 7.11 Å². The average molecular weight is 200 g/mol. The summed E-state index contributed by atoms with van der Waals surface area (Å²) >= 11 is 0. The topological polar surface area (TPSA) is 55.8 Å². The molecule has 4 heteroatoms. The van der Waals surface area contributed by atoms with Gasteiger partial charge in [-0.3, -0.25) is 4.79 Å². The highest BCUT2D eigenvalue weighted by Crippen LogP contribution is 2.20. The van der Waals surface area contributed by atoms with Crippen LogP contribution in [0.4, 0.5) is 0 Å². The molecule has 0 fully saturated rings. The molecule has 0 amide bonds. The van der Waals surface area contributed by atoms with E-state index in [0.29, 0.717) is 0 Å². The zero-order valence-electron chi connectivity index (χ0n) is 8.64.